The fourth-order valence-electron chi connectivity index (χ4n) is 3.99. The molecule has 8 nitrogen and oxygen atoms in total. The van der Waals surface area contributed by atoms with Crippen LogP contribution >= 0.6 is 0 Å². The highest BCUT2D eigenvalue weighted by atomic mass is 19.1. The summed E-state index contributed by atoms with van der Waals surface area (Å²) in [7, 11) is 3.09. The first kappa shape index (κ1) is 24.2. The Morgan fingerprint density at radius 1 is 1.11 bits per heavy atom. The maximum Gasteiger partial charge on any atom is 0.290 e. The molecule has 4 rings (SSSR count). The maximum atomic E-state index is 13.6. The minimum atomic E-state index is -0.457. The highest BCUT2D eigenvalue weighted by molar-refractivity contribution is 6.03. The smallest absolute Gasteiger partial charge is 0.290 e. The normalized spacial score (nSPS) is 15.1. The summed E-state index contributed by atoms with van der Waals surface area (Å²) in [6.45, 7) is 0.220. The minimum Gasteiger partial charge on any atom is -0.496 e. The largest absolute Gasteiger partial charge is 0.496 e. The zero-order valence-electron chi connectivity index (χ0n) is 19.5. The number of rotatable bonds is 9. The number of methoxy groups -OCH3 is 2. The topological polar surface area (TPSA) is 84.6 Å². The van der Waals surface area contributed by atoms with Crippen LogP contribution in [0.1, 0.15) is 34.1 Å². The molecular weight excluding hydrogens is 453 g/mol. The molecule has 1 aliphatic rings. The van der Waals surface area contributed by atoms with Gasteiger partial charge in [0, 0.05) is 25.6 Å². The number of amides is 2. The Hall–Kier alpha value is -3.98. The first-order valence-corrected chi connectivity index (χ1v) is 11.1. The van der Waals surface area contributed by atoms with Crippen LogP contribution in [-0.2, 0) is 9.53 Å². The van der Waals surface area contributed by atoms with E-state index in [0.29, 0.717) is 23.4 Å². The maximum absolute atomic E-state index is 13.6. The van der Waals surface area contributed by atoms with Gasteiger partial charge in [0.1, 0.15) is 18.1 Å². The van der Waals surface area contributed by atoms with Gasteiger partial charge in [-0.05, 0) is 35.9 Å². The molecule has 1 aliphatic heterocycles. The van der Waals surface area contributed by atoms with Gasteiger partial charge in [0.25, 0.3) is 11.8 Å². The minimum absolute atomic E-state index is 0.132. The third-order valence-electron chi connectivity index (χ3n) is 5.75. The van der Waals surface area contributed by atoms with Crippen LogP contribution in [0.2, 0.25) is 0 Å². The van der Waals surface area contributed by atoms with Crippen molar-refractivity contribution in [3.05, 3.63) is 89.6 Å². The molecule has 182 valence electrons. The number of nitrogens with zero attached hydrogens (tertiary/aromatic N) is 3. The third kappa shape index (κ3) is 5.41. The summed E-state index contributed by atoms with van der Waals surface area (Å²) in [4.78, 5) is 27.9. The van der Waals surface area contributed by atoms with Gasteiger partial charge in [-0.1, -0.05) is 30.3 Å². The number of hydrogen-bond donors (Lipinski definition) is 0. The van der Waals surface area contributed by atoms with Crippen molar-refractivity contribution in [1.82, 2.24) is 9.91 Å². The lowest BCUT2D eigenvalue weighted by atomic mass is 9.97. The van der Waals surface area contributed by atoms with E-state index in [1.165, 1.54) is 35.4 Å². The number of hydrazone groups is 1. The zero-order chi connectivity index (χ0) is 24.8. The van der Waals surface area contributed by atoms with Crippen molar-refractivity contribution in [3.63, 3.8) is 0 Å². The van der Waals surface area contributed by atoms with Crippen molar-refractivity contribution in [2.75, 3.05) is 33.9 Å². The summed E-state index contributed by atoms with van der Waals surface area (Å²) >= 11 is 0. The SMILES string of the molecule is COCCN(CC(=O)N1N=C(c2ccc(F)cc2)CC1c1ccccc1OC)C(=O)c1ccco1. The van der Waals surface area contributed by atoms with Gasteiger partial charge in [-0.2, -0.15) is 5.10 Å². The molecule has 9 heteroatoms. The van der Waals surface area contributed by atoms with Crippen LogP contribution in [-0.4, -0.2) is 61.4 Å². The van der Waals surface area contributed by atoms with Crippen LogP contribution in [0, 0.1) is 5.82 Å². The molecule has 0 fully saturated rings. The Morgan fingerprint density at radius 2 is 1.89 bits per heavy atom. The van der Waals surface area contributed by atoms with Crippen molar-refractivity contribution >= 4 is 17.5 Å². The molecule has 3 aromatic rings. The van der Waals surface area contributed by atoms with E-state index in [4.69, 9.17) is 13.9 Å². The second-order valence-corrected chi connectivity index (χ2v) is 7.95. The lowest BCUT2D eigenvalue weighted by Crippen LogP contribution is -2.42. The number of halogens is 1. The summed E-state index contributed by atoms with van der Waals surface area (Å²) in [5.74, 6) is -0.405. The molecule has 0 saturated carbocycles. The summed E-state index contributed by atoms with van der Waals surface area (Å²) < 4.78 is 29.4. The molecule has 0 aliphatic carbocycles. The zero-order valence-corrected chi connectivity index (χ0v) is 19.5. The number of para-hydroxylation sites is 1. The summed E-state index contributed by atoms with van der Waals surface area (Å²) in [5.41, 5.74) is 2.13. The van der Waals surface area contributed by atoms with Gasteiger partial charge >= 0.3 is 0 Å². The van der Waals surface area contributed by atoms with Crippen molar-refractivity contribution in [1.29, 1.82) is 0 Å². The Bertz CT molecular complexity index is 1190. The van der Waals surface area contributed by atoms with Crippen LogP contribution in [0.4, 0.5) is 4.39 Å². The van der Waals surface area contributed by atoms with Crippen molar-refractivity contribution in [2.45, 2.75) is 12.5 Å². The van der Waals surface area contributed by atoms with Crippen LogP contribution in [0.25, 0.3) is 0 Å². The third-order valence-corrected chi connectivity index (χ3v) is 5.75. The van der Waals surface area contributed by atoms with Crippen molar-refractivity contribution in [3.8, 4) is 5.75 Å². The summed E-state index contributed by atoms with van der Waals surface area (Å²) in [6.07, 6.45) is 1.81. The second kappa shape index (κ2) is 11.0. The van der Waals surface area contributed by atoms with Gasteiger partial charge in [0.15, 0.2) is 5.76 Å². The Morgan fingerprint density at radius 3 is 2.57 bits per heavy atom. The van der Waals surface area contributed by atoms with Crippen LogP contribution in [0.5, 0.6) is 5.75 Å². The molecule has 1 atom stereocenters. The molecular formula is C26H26FN3O5. The number of carbonyl (C=O) groups is 2. The van der Waals surface area contributed by atoms with Crippen LogP contribution in [0.3, 0.4) is 0 Å². The standard InChI is InChI=1S/C26H26FN3O5/c1-33-15-13-29(26(32)24-8-5-14-35-24)17-25(31)30-22(20-6-3-4-7-23(20)34-2)16-21(28-30)18-9-11-19(27)12-10-18/h3-12,14,22H,13,15-17H2,1-2H3. The number of ether oxygens (including phenoxy) is 2. The second-order valence-electron chi connectivity index (χ2n) is 7.95. The van der Waals surface area contributed by atoms with Gasteiger partial charge in [0.2, 0.25) is 0 Å². The predicted octanol–water partition coefficient (Wildman–Crippen LogP) is 3.89. The van der Waals surface area contributed by atoms with Crippen LogP contribution in [0.15, 0.2) is 76.4 Å². The Balaban J connectivity index is 1.65. The fourth-order valence-corrected chi connectivity index (χ4v) is 3.99. The predicted molar refractivity (Wildman–Crippen MR) is 127 cm³/mol. The Labute approximate surface area is 202 Å². The molecule has 2 amide bonds. The van der Waals surface area contributed by atoms with E-state index in [9.17, 15) is 14.0 Å². The monoisotopic (exact) mass is 479 g/mol. The highest BCUT2D eigenvalue weighted by Gasteiger charge is 2.36. The molecule has 2 aromatic carbocycles. The van der Waals surface area contributed by atoms with Crippen molar-refractivity contribution < 1.29 is 27.9 Å². The lowest BCUT2D eigenvalue weighted by molar-refractivity contribution is -0.133. The van der Waals surface area contributed by atoms with Gasteiger partial charge in [-0.15, -0.1) is 0 Å². The summed E-state index contributed by atoms with van der Waals surface area (Å²) in [5, 5.41) is 5.99. The molecule has 2 heterocycles. The molecule has 0 bridgehead atoms. The van der Waals surface area contributed by atoms with Gasteiger partial charge in [0.05, 0.1) is 31.7 Å². The molecule has 0 N–H and O–H groups in total. The number of hydrogen-bond acceptors (Lipinski definition) is 6. The average Bonchev–Trinajstić information content (AvgIpc) is 3.57. The van der Waals surface area contributed by atoms with Crippen molar-refractivity contribution in [2.24, 2.45) is 5.10 Å². The van der Waals surface area contributed by atoms with E-state index in [1.54, 1.807) is 31.4 Å². The summed E-state index contributed by atoms with van der Waals surface area (Å²) in [6, 6.07) is 16.1. The van der Waals surface area contributed by atoms with Crippen LogP contribution < -0.4 is 4.74 Å². The molecule has 0 saturated heterocycles. The number of carbonyl (C=O) groups excluding carboxylic acids is 2. The first-order valence-electron chi connectivity index (χ1n) is 11.1. The fraction of sp³-hybridized carbons (Fsp3) is 0.269. The van der Waals surface area contributed by atoms with E-state index in [0.717, 1.165) is 5.56 Å². The molecule has 0 spiro atoms. The lowest BCUT2D eigenvalue weighted by Gasteiger charge is -2.27. The highest BCUT2D eigenvalue weighted by Crippen LogP contribution is 2.37. The quantitative estimate of drug-likeness (QED) is 0.465. The first-order chi connectivity index (χ1) is 17.0. The van der Waals surface area contributed by atoms with E-state index in [2.05, 4.69) is 5.10 Å². The average molecular weight is 480 g/mol. The van der Waals surface area contributed by atoms with E-state index >= 15 is 0 Å². The number of benzene rings is 2. The van der Waals surface area contributed by atoms with Gasteiger partial charge in [-0.25, -0.2) is 9.40 Å². The molecule has 1 unspecified atom stereocenters. The van der Waals surface area contributed by atoms with E-state index < -0.39 is 11.9 Å². The van der Waals surface area contributed by atoms with E-state index in [1.807, 2.05) is 24.3 Å². The van der Waals surface area contributed by atoms with E-state index in [-0.39, 0.29) is 37.2 Å². The molecule has 35 heavy (non-hydrogen) atoms. The molecule has 0 radical (unpaired) electrons. The van der Waals surface area contributed by atoms with Gasteiger partial charge < -0.3 is 18.8 Å². The Kier molecular flexibility index (Phi) is 7.57. The number of furan rings is 1. The molecule has 1 aromatic heterocycles. The van der Waals surface area contributed by atoms with Gasteiger partial charge in [-0.3, -0.25) is 9.59 Å².